The lowest BCUT2D eigenvalue weighted by atomic mass is 9.88. The van der Waals surface area contributed by atoms with Crippen LogP contribution in [0.1, 0.15) is 23.2 Å². The standard InChI is InChI=1S/C10H9ClF2N2O2/c11-5-1-7(9(16)17)8(14-4-5)15-6-2-10(12,13)3-6/h1,4,6H,2-3H2,(H,14,15)(H,16,17). The zero-order valence-corrected chi connectivity index (χ0v) is 9.34. The fourth-order valence-corrected chi connectivity index (χ4v) is 1.83. The van der Waals surface area contributed by atoms with E-state index in [9.17, 15) is 13.6 Å². The molecule has 0 aliphatic heterocycles. The average molecular weight is 263 g/mol. The zero-order chi connectivity index (χ0) is 12.6. The van der Waals surface area contributed by atoms with Crippen molar-refractivity contribution in [2.45, 2.75) is 24.8 Å². The summed E-state index contributed by atoms with van der Waals surface area (Å²) in [5.74, 6) is -3.79. The number of aromatic nitrogens is 1. The molecule has 0 radical (unpaired) electrons. The monoisotopic (exact) mass is 262 g/mol. The lowest BCUT2D eigenvalue weighted by Crippen LogP contribution is -2.44. The molecule has 1 heterocycles. The Morgan fingerprint density at radius 2 is 2.24 bits per heavy atom. The first-order valence-electron chi connectivity index (χ1n) is 4.90. The second-order valence-corrected chi connectivity index (χ2v) is 4.40. The predicted octanol–water partition coefficient (Wildman–Crippen LogP) is 2.64. The Morgan fingerprint density at radius 1 is 1.59 bits per heavy atom. The molecule has 2 rings (SSSR count). The van der Waals surface area contributed by atoms with E-state index in [1.54, 1.807) is 0 Å². The minimum Gasteiger partial charge on any atom is -0.478 e. The largest absolute Gasteiger partial charge is 0.478 e. The van der Waals surface area contributed by atoms with Crippen LogP contribution in [0.15, 0.2) is 12.3 Å². The Bertz CT molecular complexity index is 460. The number of rotatable bonds is 3. The van der Waals surface area contributed by atoms with Crippen LogP contribution in [0.4, 0.5) is 14.6 Å². The number of pyridine rings is 1. The van der Waals surface area contributed by atoms with Crippen molar-refractivity contribution in [2.24, 2.45) is 0 Å². The number of carbonyl (C=O) groups is 1. The van der Waals surface area contributed by atoms with Crippen LogP contribution in [0, 0.1) is 0 Å². The summed E-state index contributed by atoms with van der Waals surface area (Å²) < 4.78 is 25.2. The van der Waals surface area contributed by atoms with Crippen molar-refractivity contribution in [3.05, 3.63) is 22.8 Å². The van der Waals surface area contributed by atoms with Gasteiger partial charge >= 0.3 is 5.97 Å². The molecule has 0 saturated heterocycles. The van der Waals surface area contributed by atoms with Gasteiger partial charge in [-0.2, -0.15) is 0 Å². The molecule has 0 amide bonds. The van der Waals surface area contributed by atoms with Crippen molar-refractivity contribution in [2.75, 3.05) is 5.32 Å². The third kappa shape index (κ3) is 2.63. The molecule has 92 valence electrons. The first kappa shape index (κ1) is 12.0. The first-order chi connectivity index (χ1) is 7.87. The number of anilines is 1. The van der Waals surface area contributed by atoms with Gasteiger partial charge in [0, 0.05) is 25.1 Å². The summed E-state index contributed by atoms with van der Waals surface area (Å²) in [6, 6.07) is 0.785. The fourth-order valence-electron chi connectivity index (χ4n) is 1.67. The Kier molecular flexibility index (Phi) is 2.91. The summed E-state index contributed by atoms with van der Waals surface area (Å²) >= 11 is 5.62. The van der Waals surface area contributed by atoms with Crippen molar-refractivity contribution in [1.29, 1.82) is 0 Å². The Hall–Kier alpha value is -1.43. The maximum Gasteiger partial charge on any atom is 0.339 e. The molecule has 1 saturated carbocycles. The van der Waals surface area contributed by atoms with Gasteiger partial charge in [0.1, 0.15) is 11.4 Å². The molecule has 2 N–H and O–H groups in total. The van der Waals surface area contributed by atoms with Crippen molar-refractivity contribution in [3.63, 3.8) is 0 Å². The molecule has 1 aromatic rings. The molecule has 0 unspecified atom stereocenters. The summed E-state index contributed by atoms with van der Waals surface area (Å²) in [6.45, 7) is 0. The molecule has 7 heteroatoms. The van der Waals surface area contributed by atoms with E-state index >= 15 is 0 Å². The number of nitrogens with zero attached hydrogens (tertiary/aromatic N) is 1. The van der Waals surface area contributed by atoms with Gasteiger partial charge in [-0.1, -0.05) is 11.6 Å². The maximum absolute atomic E-state index is 12.6. The number of carboxylic acid groups (broad SMARTS) is 1. The van der Waals surface area contributed by atoms with Gasteiger partial charge in [-0.05, 0) is 6.07 Å². The number of halogens is 3. The highest BCUT2D eigenvalue weighted by Crippen LogP contribution is 2.39. The molecular formula is C10H9ClF2N2O2. The average Bonchev–Trinajstić information content (AvgIpc) is 2.17. The summed E-state index contributed by atoms with van der Waals surface area (Å²) in [5, 5.41) is 11.8. The smallest absolute Gasteiger partial charge is 0.339 e. The highest BCUT2D eigenvalue weighted by Gasteiger charge is 2.45. The second-order valence-electron chi connectivity index (χ2n) is 3.96. The topological polar surface area (TPSA) is 62.2 Å². The van der Waals surface area contributed by atoms with Crippen molar-refractivity contribution < 1.29 is 18.7 Å². The number of nitrogens with one attached hydrogen (secondary N) is 1. The van der Waals surface area contributed by atoms with E-state index in [-0.39, 0.29) is 29.2 Å². The van der Waals surface area contributed by atoms with Crippen molar-refractivity contribution in [3.8, 4) is 0 Å². The van der Waals surface area contributed by atoms with E-state index < -0.39 is 17.9 Å². The van der Waals surface area contributed by atoms with Gasteiger partial charge in [-0.25, -0.2) is 18.6 Å². The summed E-state index contributed by atoms with van der Waals surface area (Å²) in [6.07, 6.45) is 0.653. The van der Waals surface area contributed by atoms with Gasteiger partial charge in [0.05, 0.1) is 5.02 Å². The van der Waals surface area contributed by atoms with Crippen LogP contribution in [-0.2, 0) is 0 Å². The van der Waals surface area contributed by atoms with Crippen LogP contribution in [0.2, 0.25) is 5.02 Å². The SMILES string of the molecule is O=C(O)c1cc(Cl)cnc1NC1CC(F)(F)C1. The highest BCUT2D eigenvalue weighted by molar-refractivity contribution is 6.30. The Morgan fingerprint density at radius 3 is 2.76 bits per heavy atom. The van der Waals surface area contributed by atoms with Gasteiger partial charge in [-0.15, -0.1) is 0 Å². The summed E-state index contributed by atoms with van der Waals surface area (Å²) in [4.78, 5) is 14.7. The van der Waals surface area contributed by atoms with Gasteiger partial charge in [0.2, 0.25) is 0 Å². The molecule has 4 nitrogen and oxygen atoms in total. The van der Waals surface area contributed by atoms with E-state index in [1.807, 2.05) is 0 Å². The Labute approximate surface area is 101 Å². The normalized spacial score (nSPS) is 18.5. The third-order valence-electron chi connectivity index (χ3n) is 2.52. The van der Waals surface area contributed by atoms with Crippen molar-refractivity contribution in [1.82, 2.24) is 4.98 Å². The predicted molar refractivity (Wildman–Crippen MR) is 57.8 cm³/mol. The number of alkyl halides is 2. The minimum absolute atomic E-state index is 0.0717. The van der Waals surface area contributed by atoms with Crippen molar-refractivity contribution >= 4 is 23.4 Å². The van der Waals surface area contributed by atoms with Crippen LogP contribution in [0.25, 0.3) is 0 Å². The van der Waals surface area contributed by atoms with Crippen LogP contribution >= 0.6 is 11.6 Å². The van der Waals surface area contributed by atoms with Crippen LogP contribution < -0.4 is 5.32 Å². The molecule has 17 heavy (non-hydrogen) atoms. The van der Waals surface area contributed by atoms with E-state index in [1.165, 1.54) is 12.3 Å². The maximum atomic E-state index is 12.6. The fraction of sp³-hybridized carbons (Fsp3) is 0.400. The lowest BCUT2D eigenvalue weighted by Gasteiger charge is -2.35. The van der Waals surface area contributed by atoms with Crippen LogP contribution in [0.3, 0.4) is 0 Å². The van der Waals surface area contributed by atoms with E-state index in [0.29, 0.717) is 0 Å². The quantitative estimate of drug-likeness (QED) is 0.879. The number of carboxylic acids is 1. The van der Waals surface area contributed by atoms with Gasteiger partial charge in [0.15, 0.2) is 0 Å². The second kappa shape index (κ2) is 4.10. The van der Waals surface area contributed by atoms with Gasteiger partial charge < -0.3 is 10.4 Å². The van der Waals surface area contributed by atoms with Crippen LogP contribution in [0.5, 0.6) is 0 Å². The highest BCUT2D eigenvalue weighted by atomic mass is 35.5. The lowest BCUT2D eigenvalue weighted by molar-refractivity contribution is -0.0794. The number of hydrogen-bond acceptors (Lipinski definition) is 3. The summed E-state index contributed by atoms with van der Waals surface area (Å²) in [5.41, 5.74) is -0.118. The van der Waals surface area contributed by atoms with Gasteiger partial charge in [0.25, 0.3) is 5.92 Å². The van der Waals surface area contributed by atoms with Crippen LogP contribution in [-0.4, -0.2) is 28.0 Å². The molecule has 1 aliphatic carbocycles. The molecule has 1 aliphatic rings. The molecular weight excluding hydrogens is 254 g/mol. The third-order valence-corrected chi connectivity index (χ3v) is 2.72. The Balaban J connectivity index is 2.13. The van der Waals surface area contributed by atoms with Gasteiger partial charge in [-0.3, -0.25) is 0 Å². The molecule has 0 aromatic carbocycles. The molecule has 0 bridgehead atoms. The zero-order valence-electron chi connectivity index (χ0n) is 8.58. The van der Waals surface area contributed by atoms with E-state index in [2.05, 4.69) is 10.3 Å². The minimum atomic E-state index is -2.66. The first-order valence-corrected chi connectivity index (χ1v) is 5.28. The number of hydrogen-bond donors (Lipinski definition) is 2. The van der Waals surface area contributed by atoms with E-state index in [0.717, 1.165) is 0 Å². The molecule has 0 spiro atoms. The molecule has 0 atom stereocenters. The molecule has 1 fully saturated rings. The summed E-state index contributed by atoms with van der Waals surface area (Å²) in [7, 11) is 0. The molecule has 1 aromatic heterocycles. The number of aromatic carboxylic acids is 1. The van der Waals surface area contributed by atoms with E-state index in [4.69, 9.17) is 16.7 Å².